The van der Waals surface area contributed by atoms with Crippen molar-refractivity contribution in [3.63, 3.8) is 0 Å². The van der Waals surface area contributed by atoms with Crippen molar-refractivity contribution in [1.29, 1.82) is 5.26 Å². The molecule has 0 spiro atoms. The number of benzene rings is 3. The van der Waals surface area contributed by atoms with E-state index in [1.807, 2.05) is 60.7 Å². The summed E-state index contributed by atoms with van der Waals surface area (Å²) in [5, 5.41) is 20.5. The second kappa shape index (κ2) is 10.1. The first-order valence-electron chi connectivity index (χ1n) is 11.7. The lowest BCUT2D eigenvalue weighted by Gasteiger charge is -2.22. The minimum Gasteiger partial charge on any atom is -0.481 e. The number of carboxylic acid groups (broad SMARTS) is 1. The maximum atomic E-state index is 12.7. The fourth-order valence-electron chi connectivity index (χ4n) is 5.09. The molecular formula is C30H27NO5. The van der Waals surface area contributed by atoms with Crippen LogP contribution in [0.1, 0.15) is 30.9 Å². The molecule has 6 nitrogen and oxygen atoms in total. The topological polar surface area (TPSA) is 96.6 Å². The molecule has 0 aliphatic heterocycles. The number of nitriles is 1. The molecule has 3 atom stereocenters. The van der Waals surface area contributed by atoms with Crippen LogP contribution in [-0.2, 0) is 20.9 Å². The third-order valence-electron chi connectivity index (χ3n) is 7.01. The second-order valence-corrected chi connectivity index (χ2v) is 9.38. The van der Waals surface area contributed by atoms with Gasteiger partial charge >= 0.3 is 11.9 Å². The quantitative estimate of drug-likeness (QED) is 0.292. The van der Waals surface area contributed by atoms with E-state index in [4.69, 9.17) is 9.47 Å². The van der Waals surface area contributed by atoms with Gasteiger partial charge in [0.05, 0.1) is 12.0 Å². The van der Waals surface area contributed by atoms with Gasteiger partial charge in [-0.3, -0.25) is 4.79 Å². The number of allylic oxidation sites excluding steroid dienone is 1. The Labute approximate surface area is 210 Å². The number of ether oxygens (including phenoxy) is 2. The molecule has 0 saturated heterocycles. The van der Waals surface area contributed by atoms with E-state index in [-0.39, 0.29) is 6.61 Å². The van der Waals surface area contributed by atoms with Gasteiger partial charge in [0.1, 0.15) is 23.5 Å². The Hall–Kier alpha value is -4.37. The molecule has 0 aromatic heterocycles. The number of carboxylic acids is 1. The summed E-state index contributed by atoms with van der Waals surface area (Å²) in [5.74, 6) is -2.00. The number of para-hydroxylation sites is 1. The largest absolute Gasteiger partial charge is 0.481 e. The zero-order valence-corrected chi connectivity index (χ0v) is 20.1. The summed E-state index contributed by atoms with van der Waals surface area (Å²) >= 11 is 0. The summed E-state index contributed by atoms with van der Waals surface area (Å²) in [7, 11) is 0. The van der Waals surface area contributed by atoms with Crippen molar-refractivity contribution in [3.05, 3.63) is 108 Å². The van der Waals surface area contributed by atoms with Crippen LogP contribution in [0.15, 0.2) is 97.1 Å². The van der Waals surface area contributed by atoms with Crippen LogP contribution in [0.3, 0.4) is 0 Å². The van der Waals surface area contributed by atoms with E-state index in [0.717, 1.165) is 5.56 Å². The molecule has 3 aromatic carbocycles. The summed E-state index contributed by atoms with van der Waals surface area (Å²) in [6, 6.07) is 27.7. The number of nitrogens with zero attached hydrogens (tertiary/aromatic N) is 1. The van der Waals surface area contributed by atoms with Crippen LogP contribution in [0.25, 0.3) is 0 Å². The van der Waals surface area contributed by atoms with Gasteiger partial charge in [0.15, 0.2) is 0 Å². The van der Waals surface area contributed by atoms with Crippen molar-refractivity contribution in [2.75, 3.05) is 0 Å². The zero-order chi connectivity index (χ0) is 25.8. The predicted octanol–water partition coefficient (Wildman–Crippen LogP) is 6.11. The monoisotopic (exact) mass is 481 g/mol. The zero-order valence-electron chi connectivity index (χ0n) is 20.1. The van der Waals surface area contributed by atoms with Crippen molar-refractivity contribution < 1.29 is 24.2 Å². The molecule has 4 rings (SSSR count). The van der Waals surface area contributed by atoms with Crippen LogP contribution < -0.4 is 4.74 Å². The maximum absolute atomic E-state index is 12.7. The van der Waals surface area contributed by atoms with E-state index in [1.165, 1.54) is 6.08 Å². The number of carbonyl (C=O) groups is 2. The van der Waals surface area contributed by atoms with Crippen LogP contribution in [0, 0.1) is 28.1 Å². The SMILES string of the molecule is CC1(C)[C@H](/C=C\C(=O)OCc2ccccc2)[C@@]1(C(=O)O)[C@@H](C#N)c1cccc(Oc2ccccc2)c1. The van der Waals surface area contributed by atoms with Crippen LogP contribution in [0.4, 0.5) is 0 Å². The van der Waals surface area contributed by atoms with E-state index >= 15 is 0 Å². The number of hydrogen-bond donors (Lipinski definition) is 1. The molecule has 36 heavy (non-hydrogen) atoms. The molecule has 1 N–H and O–H groups in total. The first-order chi connectivity index (χ1) is 17.3. The number of rotatable bonds is 9. The van der Waals surface area contributed by atoms with Gasteiger partial charge < -0.3 is 14.6 Å². The van der Waals surface area contributed by atoms with Crippen LogP contribution in [0.5, 0.6) is 11.5 Å². The Kier molecular flexibility index (Phi) is 6.93. The fraction of sp³-hybridized carbons (Fsp3) is 0.233. The van der Waals surface area contributed by atoms with E-state index in [1.54, 1.807) is 44.2 Å². The summed E-state index contributed by atoms with van der Waals surface area (Å²) in [6.07, 6.45) is 2.83. The van der Waals surface area contributed by atoms with Crippen molar-refractivity contribution in [1.82, 2.24) is 0 Å². The highest BCUT2D eigenvalue weighted by molar-refractivity contribution is 5.86. The molecule has 0 unspecified atom stereocenters. The van der Waals surface area contributed by atoms with Crippen LogP contribution in [0.2, 0.25) is 0 Å². The normalized spacial score (nSPS) is 20.8. The molecular weight excluding hydrogens is 454 g/mol. The lowest BCUT2D eigenvalue weighted by atomic mass is 9.78. The molecule has 0 heterocycles. The lowest BCUT2D eigenvalue weighted by Crippen LogP contribution is -2.28. The number of esters is 1. The highest BCUT2D eigenvalue weighted by atomic mass is 16.5. The van der Waals surface area contributed by atoms with Gasteiger partial charge in [-0.05, 0) is 40.8 Å². The van der Waals surface area contributed by atoms with Gasteiger partial charge in [0.2, 0.25) is 0 Å². The second-order valence-electron chi connectivity index (χ2n) is 9.38. The summed E-state index contributed by atoms with van der Waals surface area (Å²) < 4.78 is 11.2. The van der Waals surface area contributed by atoms with Gasteiger partial charge in [-0.15, -0.1) is 0 Å². The molecule has 0 amide bonds. The highest BCUT2D eigenvalue weighted by Crippen LogP contribution is 2.75. The van der Waals surface area contributed by atoms with Gasteiger partial charge in [-0.1, -0.05) is 80.6 Å². The maximum Gasteiger partial charge on any atom is 0.330 e. The Morgan fingerprint density at radius 2 is 1.64 bits per heavy atom. The van der Waals surface area contributed by atoms with E-state index in [2.05, 4.69) is 6.07 Å². The molecule has 1 aliphatic rings. The van der Waals surface area contributed by atoms with Crippen molar-refractivity contribution in [2.45, 2.75) is 26.4 Å². The molecule has 3 aromatic rings. The van der Waals surface area contributed by atoms with Gasteiger partial charge in [0.25, 0.3) is 0 Å². The van der Waals surface area contributed by atoms with E-state index in [0.29, 0.717) is 17.1 Å². The van der Waals surface area contributed by atoms with Crippen molar-refractivity contribution in [2.24, 2.45) is 16.7 Å². The molecule has 1 fully saturated rings. The average molecular weight is 482 g/mol. The minimum absolute atomic E-state index is 0.122. The first kappa shape index (κ1) is 24.7. The number of hydrogen-bond acceptors (Lipinski definition) is 5. The van der Waals surface area contributed by atoms with E-state index < -0.39 is 34.6 Å². The number of aliphatic carboxylic acids is 1. The van der Waals surface area contributed by atoms with Gasteiger partial charge in [-0.2, -0.15) is 5.26 Å². The fourth-order valence-corrected chi connectivity index (χ4v) is 5.09. The smallest absolute Gasteiger partial charge is 0.330 e. The van der Waals surface area contributed by atoms with E-state index in [9.17, 15) is 20.0 Å². The first-order valence-corrected chi connectivity index (χ1v) is 11.7. The Balaban J connectivity index is 1.56. The summed E-state index contributed by atoms with van der Waals surface area (Å²) in [6.45, 7) is 3.73. The van der Waals surface area contributed by atoms with Gasteiger partial charge in [0, 0.05) is 12.0 Å². The summed E-state index contributed by atoms with van der Waals surface area (Å²) in [5.41, 5.74) is -0.785. The molecule has 1 saturated carbocycles. The molecule has 1 aliphatic carbocycles. The third kappa shape index (κ3) is 4.60. The molecule has 0 radical (unpaired) electrons. The molecule has 6 heteroatoms. The van der Waals surface area contributed by atoms with Crippen molar-refractivity contribution in [3.8, 4) is 17.6 Å². The van der Waals surface area contributed by atoms with Crippen LogP contribution in [-0.4, -0.2) is 17.0 Å². The predicted molar refractivity (Wildman–Crippen MR) is 134 cm³/mol. The van der Waals surface area contributed by atoms with Crippen LogP contribution >= 0.6 is 0 Å². The minimum atomic E-state index is -1.41. The molecule has 0 bridgehead atoms. The Morgan fingerprint density at radius 1 is 1.00 bits per heavy atom. The molecule has 182 valence electrons. The third-order valence-corrected chi connectivity index (χ3v) is 7.01. The van der Waals surface area contributed by atoms with Gasteiger partial charge in [-0.25, -0.2) is 4.79 Å². The average Bonchev–Trinajstić information content (AvgIpc) is 3.38. The standard InChI is InChI=1S/C30H27NO5/c1-29(2)26(16-17-27(32)35-20-21-10-5-3-6-11-21)30(29,28(33)34)25(19-31)22-12-9-15-24(18-22)36-23-13-7-4-8-14-23/h3-18,25-26H,20H2,1-2H3,(H,33,34)/b17-16-/t25-,26-,30+/m0/s1. The Bertz CT molecular complexity index is 1310. The lowest BCUT2D eigenvalue weighted by molar-refractivity contribution is -0.145. The highest BCUT2D eigenvalue weighted by Gasteiger charge is 2.78. The van der Waals surface area contributed by atoms with Crippen molar-refractivity contribution >= 4 is 11.9 Å². The summed E-state index contributed by atoms with van der Waals surface area (Å²) in [4.78, 5) is 25.0. The number of carbonyl (C=O) groups excluding carboxylic acids is 1. The Morgan fingerprint density at radius 3 is 2.28 bits per heavy atom.